The minimum Gasteiger partial charge on any atom is -0.283 e. The fourth-order valence-electron chi connectivity index (χ4n) is 1.43. The van der Waals surface area contributed by atoms with Gasteiger partial charge in [-0.15, -0.1) is 0 Å². The largest absolute Gasteiger partial charge is 0.283 e. The van der Waals surface area contributed by atoms with Crippen LogP contribution >= 0.6 is 12.6 Å². The fraction of sp³-hybridized carbons (Fsp3) is 0.778. The molecule has 74 valence electrons. The summed E-state index contributed by atoms with van der Waals surface area (Å²) >= 11 is 4.09. The number of rotatable bonds is 5. The second-order valence-electron chi connectivity index (χ2n) is 3.22. The maximum Gasteiger partial charge on any atom is 0.229 e. The number of hydrogen-bond acceptors (Lipinski definition) is 3. The molecule has 4 heteroatoms. The molecule has 0 radical (unpaired) electrons. The number of amides is 2. The van der Waals surface area contributed by atoms with Gasteiger partial charge in [0, 0.05) is 19.4 Å². The van der Waals surface area contributed by atoms with Crippen molar-refractivity contribution in [1.29, 1.82) is 0 Å². The third-order valence-corrected chi connectivity index (χ3v) is 2.51. The summed E-state index contributed by atoms with van der Waals surface area (Å²) in [6.07, 6.45) is 3.83. The van der Waals surface area contributed by atoms with Gasteiger partial charge >= 0.3 is 0 Å². The minimum absolute atomic E-state index is 0.00382. The number of likely N-dealkylation sites (tertiary alicyclic amines) is 1. The van der Waals surface area contributed by atoms with Crippen LogP contribution in [0.3, 0.4) is 0 Å². The van der Waals surface area contributed by atoms with Crippen molar-refractivity contribution in [2.75, 3.05) is 12.3 Å². The fourth-order valence-corrected chi connectivity index (χ4v) is 1.65. The van der Waals surface area contributed by atoms with E-state index in [0.29, 0.717) is 19.4 Å². The monoisotopic (exact) mass is 201 g/mol. The van der Waals surface area contributed by atoms with Crippen molar-refractivity contribution >= 4 is 24.4 Å². The number of nitrogens with zero attached hydrogens (tertiary/aromatic N) is 1. The van der Waals surface area contributed by atoms with E-state index in [1.165, 1.54) is 4.90 Å². The van der Waals surface area contributed by atoms with Gasteiger partial charge in [0.05, 0.1) is 0 Å². The van der Waals surface area contributed by atoms with Gasteiger partial charge in [0.15, 0.2) is 0 Å². The van der Waals surface area contributed by atoms with Gasteiger partial charge in [-0.2, -0.15) is 12.6 Å². The molecule has 0 atom stereocenters. The molecule has 0 aromatic rings. The van der Waals surface area contributed by atoms with Crippen molar-refractivity contribution in [3.8, 4) is 0 Å². The molecule has 1 heterocycles. The molecule has 3 nitrogen and oxygen atoms in total. The van der Waals surface area contributed by atoms with Crippen LogP contribution < -0.4 is 0 Å². The first-order valence-electron chi connectivity index (χ1n) is 4.70. The van der Waals surface area contributed by atoms with Gasteiger partial charge in [0.25, 0.3) is 0 Å². The van der Waals surface area contributed by atoms with Crippen molar-refractivity contribution < 1.29 is 9.59 Å². The molecular formula is C9H15NO2S. The predicted octanol–water partition coefficient (Wildman–Crippen LogP) is 1.24. The summed E-state index contributed by atoms with van der Waals surface area (Å²) in [6, 6.07) is 0. The van der Waals surface area contributed by atoms with Crippen LogP contribution in [0.15, 0.2) is 0 Å². The molecule has 1 aliphatic heterocycles. The smallest absolute Gasteiger partial charge is 0.229 e. The number of carbonyl (C=O) groups is 2. The maximum absolute atomic E-state index is 11.1. The Morgan fingerprint density at radius 2 is 1.69 bits per heavy atom. The average molecular weight is 201 g/mol. The zero-order valence-corrected chi connectivity index (χ0v) is 8.56. The Morgan fingerprint density at radius 3 is 2.23 bits per heavy atom. The summed E-state index contributed by atoms with van der Waals surface area (Å²) in [6.45, 7) is 0.603. The highest BCUT2D eigenvalue weighted by atomic mass is 32.1. The lowest BCUT2D eigenvalue weighted by Gasteiger charge is -2.12. The van der Waals surface area contributed by atoms with Crippen LogP contribution in [0.5, 0.6) is 0 Å². The second kappa shape index (κ2) is 5.27. The maximum atomic E-state index is 11.1. The summed E-state index contributed by atoms with van der Waals surface area (Å²) in [5.41, 5.74) is 0. The van der Waals surface area contributed by atoms with Crippen molar-refractivity contribution in [2.24, 2.45) is 0 Å². The molecule has 13 heavy (non-hydrogen) atoms. The molecule has 0 aromatic carbocycles. The summed E-state index contributed by atoms with van der Waals surface area (Å²) in [7, 11) is 0. The van der Waals surface area contributed by atoms with Crippen molar-refractivity contribution in [1.82, 2.24) is 4.90 Å². The molecule has 1 fully saturated rings. The molecule has 0 bridgehead atoms. The Morgan fingerprint density at radius 1 is 1.08 bits per heavy atom. The number of carbonyl (C=O) groups excluding carboxylic acids is 2. The third-order valence-electron chi connectivity index (χ3n) is 2.19. The van der Waals surface area contributed by atoms with Gasteiger partial charge in [0.1, 0.15) is 0 Å². The first-order valence-corrected chi connectivity index (χ1v) is 5.33. The Kier molecular flexibility index (Phi) is 4.28. The van der Waals surface area contributed by atoms with Crippen molar-refractivity contribution in [2.45, 2.75) is 32.1 Å². The van der Waals surface area contributed by atoms with E-state index in [4.69, 9.17) is 0 Å². The topological polar surface area (TPSA) is 37.4 Å². The van der Waals surface area contributed by atoms with Gasteiger partial charge in [0.2, 0.25) is 11.8 Å². The van der Waals surface area contributed by atoms with Gasteiger partial charge in [-0.1, -0.05) is 6.42 Å². The van der Waals surface area contributed by atoms with Crippen LogP contribution in [0.4, 0.5) is 0 Å². The van der Waals surface area contributed by atoms with Gasteiger partial charge < -0.3 is 0 Å². The molecule has 2 amide bonds. The quantitative estimate of drug-likeness (QED) is 0.413. The first kappa shape index (κ1) is 10.6. The highest BCUT2D eigenvalue weighted by molar-refractivity contribution is 7.80. The molecule has 0 aliphatic carbocycles. The van der Waals surface area contributed by atoms with E-state index in [1.54, 1.807) is 0 Å². The highest BCUT2D eigenvalue weighted by Crippen LogP contribution is 2.12. The van der Waals surface area contributed by atoms with E-state index in [-0.39, 0.29) is 11.8 Å². The molecule has 0 unspecified atom stereocenters. The van der Waals surface area contributed by atoms with Crippen LogP contribution in [-0.4, -0.2) is 29.0 Å². The van der Waals surface area contributed by atoms with Crippen LogP contribution in [0.2, 0.25) is 0 Å². The van der Waals surface area contributed by atoms with E-state index in [9.17, 15) is 9.59 Å². The number of thiol groups is 1. The van der Waals surface area contributed by atoms with Crippen LogP contribution in [0.1, 0.15) is 32.1 Å². The lowest BCUT2D eigenvalue weighted by Crippen LogP contribution is -2.29. The molecule has 1 aliphatic rings. The SMILES string of the molecule is O=C1CCC(=O)N1CCCCCS. The zero-order valence-electron chi connectivity index (χ0n) is 7.66. The van der Waals surface area contributed by atoms with E-state index in [2.05, 4.69) is 12.6 Å². The summed E-state index contributed by atoms with van der Waals surface area (Å²) in [5, 5.41) is 0. The average Bonchev–Trinajstić information content (AvgIpc) is 2.42. The van der Waals surface area contributed by atoms with Crippen LogP contribution in [-0.2, 0) is 9.59 Å². The summed E-state index contributed by atoms with van der Waals surface area (Å²) in [4.78, 5) is 23.7. The molecule has 1 saturated heterocycles. The Bertz CT molecular complexity index is 190. The van der Waals surface area contributed by atoms with Crippen molar-refractivity contribution in [3.05, 3.63) is 0 Å². The van der Waals surface area contributed by atoms with E-state index in [1.807, 2.05) is 0 Å². The molecule has 0 saturated carbocycles. The Balaban J connectivity index is 2.20. The standard InChI is InChI=1S/C9H15NO2S/c11-8-4-5-9(12)10(8)6-2-1-3-7-13/h13H,1-7H2. The highest BCUT2D eigenvalue weighted by Gasteiger charge is 2.27. The predicted molar refractivity (Wildman–Crippen MR) is 53.7 cm³/mol. The molecule has 0 aromatic heterocycles. The third kappa shape index (κ3) is 3.03. The minimum atomic E-state index is -0.00382. The number of hydrogen-bond donors (Lipinski definition) is 1. The number of imide groups is 1. The zero-order chi connectivity index (χ0) is 9.68. The second-order valence-corrected chi connectivity index (χ2v) is 3.67. The van der Waals surface area contributed by atoms with Crippen LogP contribution in [0, 0.1) is 0 Å². The normalized spacial score (nSPS) is 17.2. The summed E-state index contributed by atoms with van der Waals surface area (Å²) in [5.74, 6) is 0.869. The molecule has 1 rings (SSSR count). The lowest BCUT2D eigenvalue weighted by atomic mass is 10.2. The molecule has 0 N–H and O–H groups in total. The van der Waals surface area contributed by atoms with Gasteiger partial charge in [-0.3, -0.25) is 14.5 Å². The summed E-state index contributed by atoms with van der Waals surface area (Å²) < 4.78 is 0. The first-order chi connectivity index (χ1) is 6.25. The van der Waals surface area contributed by atoms with Gasteiger partial charge in [-0.25, -0.2) is 0 Å². The molecular weight excluding hydrogens is 186 g/mol. The number of unbranched alkanes of at least 4 members (excludes halogenated alkanes) is 2. The van der Waals surface area contributed by atoms with E-state index in [0.717, 1.165) is 25.0 Å². The van der Waals surface area contributed by atoms with Crippen molar-refractivity contribution in [3.63, 3.8) is 0 Å². The molecule has 0 spiro atoms. The van der Waals surface area contributed by atoms with Gasteiger partial charge in [-0.05, 0) is 18.6 Å². The Hall–Kier alpha value is -0.510. The lowest BCUT2D eigenvalue weighted by molar-refractivity contribution is -0.138. The van der Waals surface area contributed by atoms with E-state index < -0.39 is 0 Å². The van der Waals surface area contributed by atoms with Crippen LogP contribution in [0.25, 0.3) is 0 Å². The Labute approximate surface area is 83.9 Å². The van der Waals surface area contributed by atoms with E-state index >= 15 is 0 Å².